The number of para-hydroxylation sites is 2. The van der Waals surface area contributed by atoms with Gasteiger partial charge in [0.25, 0.3) is 0 Å². The van der Waals surface area contributed by atoms with Gasteiger partial charge in [-0.1, -0.05) is 12.1 Å². The van der Waals surface area contributed by atoms with E-state index < -0.39 is 0 Å². The van der Waals surface area contributed by atoms with Gasteiger partial charge in [0, 0.05) is 30.3 Å². The second-order valence-corrected chi connectivity index (χ2v) is 6.82. The van der Waals surface area contributed by atoms with Gasteiger partial charge < -0.3 is 15.6 Å². The Labute approximate surface area is 146 Å². The van der Waals surface area contributed by atoms with Gasteiger partial charge in [0.2, 0.25) is 5.91 Å². The molecule has 0 saturated heterocycles. The van der Waals surface area contributed by atoms with Crippen LogP contribution in [0.25, 0.3) is 22.4 Å². The van der Waals surface area contributed by atoms with E-state index in [1.807, 2.05) is 49.5 Å². The van der Waals surface area contributed by atoms with E-state index >= 15 is 0 Å². The van der Waals surface area contributed by atoms with Gasteiger partial charge in [-0.2, -0.15) is 0 Å². The quantitative estimate of drug-likeness (QED) is 0.772. The largest absolute Gasteiger partial charge is 0.328 e. The van der Waals surface area contributed by atoms with Crippen molar-refractivity contribution in [1.29, 1.82) is 0 Å². The molecule has 0 radical (unpaired) electrons. The third-order valence-electron chi connectivity index (χ3n) is 5.04. The zero-order valence-corrected chi connectivity index (χ0v) is 14.3. The number of nitrogens with two attached hydrogens (primary N) is 1. The Hall–Kier alpha value is -2.66. The van der Waals surface area contributed by atoms with Crippen LogP contribution in [0.1, 0.15) is 19.3 Å². The molecular formula is C20H22N4O. The van der Waals surface area contributed by atoms with Gasteiger partial charge in [0.1, 0.15) is 5.82 Å². The van der Waals surface area contributed by atoms with Gasteiger partial charge >= 0.3 is 0 Å². The number of hydrogen-bond donors (Lipinski definition) is 2. The third-order valence-corrected chi connectivity index (χ3v) is 5.04. The van der Waals surface area contributed by atoms with E-state index in [9.17, 15) is 4.79 Å². The van der Waals surface area contributed by atoms with E-state index in [2.05, 4.69) is 16.0 Å². The Balaban J connectivity index is 1.53. The molecule has 25 heavy (non-hydrogen) atoms. The van der Waals surface area contributed by atoms with Crippen molar-refractivity contribution < 1.29 is 4.79 Å². The standard InChI is InChI=1S/C20H22N4O/c1-24-18-5-3-2-4-17(18)23-19(24)13-7-10-16(11-8-13)22-20(25)14-6-9-15(21)12-14/h2-5,7-8,10-11,14-15H,6,9,12,21H2,1H3,(H,22,25). The molecule has 128 valence electrons. The van der Waals surface area contributed by atoms with Gasteiger partial charge in [0.05, 0.1) is 11.0 Å². The minimum absolute atomic E-state index is 0.0366. The van der Waals surface area contributed by atoms with Crippen molar-refractivity contribution in [2.45, 2.75) is 25.3 Å². The van der Waals surface area contributed by atoms with Gasteiger partial charge in [0.15, 0.2) is 0 Å². The van der Waals surface area contributed by atoms with Crippen molar-refractivity contribution >= 4 is 22.6 Å². The average Bonchev–Trinajstić information content (AvgIpc) is 3.20. The summed E-state index contributed by atoms with van der Waals surface area (Å²) in [7, 11) is 2.02. The van der Waals surface area contributed by atoms with E-state index in [0.29, 0.717) is 0 Å². The first-order chi connectivity index (χ1) is 12.1. The van der Waals surface area contributed by atoms with E-state index in [1.165, 1.54) is 0 Å². The zero-order valence-electron chi connectivity index (χ0n) is 14.3. The molecule has 3 aromatic rings. The summed E-state index contributed by atoms with van der Waals surface area (Å²) in [4.78, 5) is 17.0. The summed E-state index contributed by atoms with van der Waals surface area (Å²) in [6.07, 6.45) is 2.60. The Morgan fingerprint density at radius 1 is 1.16 bits per heavy atom. The molecule has 2 atom stereocenters. The van der Waals surface area contributed by atoms with Crippen LogP contribution in [0.5, 0.6) is 0 Å². The number of rotatable bonds is 3. The predicted molar refractivity (Wildman–Crippen MR) is 100 cm³/mol. The van der Waals surface area contributed by atoms with Crippen LogP contribution in [-0.2, 0) is 11.8 Å². The summed E-state index contributed by atoms with van der Waals surface area (Å²) < 4.78 is 2.09. The second kappa shape index (κ2) is 6.33. The van der Waals surface area contributed by atoms with Gasteiger partial charge in [-0.05, 0) is 55.7 Å². The molecule has 1 saturated carbocycles. The Kier molecular flexibility index (Phi) is 4.01. The van der Waals surface area contributed by atoms with E-state index in [0.717, 1.165) is 47.4 Å². The molecule has 0 bridgehead atoms. The molecule has 2 unspecified atom stereocenters. The van der Waals surface area contributed by atoms with Crippen LogP contribution < -0.4 is 11.1 Å². The molecule has 5 heteroatoms. The molecule has 3 N–H and O–H groups in total. The average molecular weight is 334 g/mol. The molecule has 0 spiro atoms. The number of fused-ring (bicyclic) bond motifs is 1. The highest BCUT2D eigenvalue weighted by molar-refractivity contribution is 5.93. The number of nitrogens with zero attached hydrogens (tertiary/aromatic N) is 2. The van der Waals surface area contributed by atoms with Crippen LogP contribution in [0.15, 0.2) is 48.5 Å². The molecule has 1 aliphatic rings. The number of hydrogen-bond acceptors (Lipinski definition) is 3. The molecule has 0 aliphatic heterocycles. The first kappa shape index (κ1) is 15.8. The number of aryl methyl sites for hydroxylation is 1. The molecule has 1 aromatic heterocycles. The number of amides is 1. The van der Waals surface area contributed by atoms with Crippen molar-refractivity contribution in [1.82, 2.24) is 9.55 Å². The molecular weight excluding hydrogens is 312 g/mol. The monoisotopic (exact) mass is 334 g/mol. The summed E-state index contributed by atoms with van der Waals surface area (Å²) in [5.41, 5.74) is 9.82. The maximum atomic E-state index is 12.3. The third kappa shape index (κ3) is 3.03. The predicted octanol–water partition coefficient (Wildman–Crippen LogP) is 3.31. The van der Waals surface area contributed by atoms with Crippen molar-refractivity contribution in [2.75, 3.05) is 5.32 Å². The molecule has 1 heterocycles. The summed E-state index contributed by atoms with van der Waals surface area (Å²) in [5.74, 6) is 1.03. The summed E-state index contributed by atoms with van der Waals surface area (Å²) in [6.45, 7) is 0. The Morgan fingerprint density at radius 3 is 2.60 bits per heavy atom. The molecule has 4 rings (SSSR count). The smallest absolute Gasteiger partial charge is 0.227 e. The maximum absolute atomic E-state index is 12.3. The van der Waals surface area contributed by atoms with Gasteiger partial charge in [-0.3, -0.25) is 4.79 Å². The number of benzene rings is 2. The Morgan fingerprint density at radius 2 is 1.92 bits per heavy atom. The van der Waals surface area contributed by atoms with Crippen LogP contribution in [0.2, 0.25) is 0 Å². The zero-order chi connectivity index (χ0) is 17.4. The number of nitrogens with one attached hydrogen (secondary N) is 1. The van der Waals surface area contributed by atoms with Crippen LogP contribution in [0.3, 0.4) is 0 Å². The van der Waals surface area contributed by atoms with E-state index in [4.69, 9.17) is 10.7 Å². The number of carbonyl (C=O) groups is 1. The lowest BCUT2D eigenvalue weighted by Crippen LogP contribution is -2.23. The SMILES string of the molecule is Cn1c(-c2ccc(NC(=O)C3CCC(N)C3)cc2)nc2ccccc21. The summed E-state index contributed by atoms with van der Waals surface area (Å²) in [5, 5.41) is 3.00. The van der Waals surface area contributed by atoms with Crippen LogP contribution in [-0.4, -0.2) is 21.5 Å². The minimum Gasteiger partial charge on any atom is -0.328 e. The molecule has 2 aromatic carbocycles. The van der Waals surface area contributed by atoms with Crippen LogP contribution >= 0.6 is 0 Å². The molecule has 1 amide bonds. The highest BCUT2D eigenvalue weighted by Crippen LogP contribution is 2.27. The van der Waals surface area contributed by atoms with Gasteiger partial charge in [-0.15, -0.1) is 0 Å². The summed E-state index contributed by atoms with van der Waals surface area (Å²) in [6, 6.07) is 16.1. The van der Waals surface area contributed by atoms with Crippen molar-refractivity contribution in [3.8, 4) is 11.4 Å². The van der Waals surface area contributed by atoms with E-state index in [-0.39, 0.29) is 17.9 Å². The fourth-order valence-electron chi connectivity index (χ4n) is 3.61. The fourth-order valence-corrected chi connectivity index (χ4v) is 3.61. The highest BCUT2D eigenvalue weighted by atomic mass is 16.1. The Bertz CT molecular complexity index is 913. The second-order valence-electron chi connectivity index (χ2n) is 6.82. The lowest BCUT2D eigenvalue weighted by Gasteiger charge is -2.11. The minimum atomic E-state index is 0.0366. The fraction of sp³-hybridized carbons (Fsp3) is 0.300. The molecule has 1 aliphatic carbocycles. The van der Waals surface area contributed by atoms with Crippen molar-refractivity contribution in [3.63, 3.8) is 0 Å². The number of anilines is 1. The lowest BCUT2D eigenvalue weighted by molar-refractivity contribution is -0.119. The molecule has 1 fully saturated rings. The first-order valence-electron chi connectivity index (χ1n) is 8.70. The maximum Gasteiger partial charge on any atom is 0.227 e. The van der Waals surface area contributed by atoms with Gasteiger partial charge in [-0.25, -0.2) is 4.98 Å². The van der Waals surface area contributed by atoms with Crippen LogP contribution in [0, 0.1) is 5.92 Å². The summed E-state index contributed by atoms with van der Waals surface area (Å²) >= 11 is 0. The highest BCUT2D eigenvalue weighted by Gasteiger charge is 2.27. The normalized spacial score (nSPS) is 20.1. The lowest BCUT2D eigenvalue weighted by atomic mass is 10.1. The van der Waals surface area contributed by atoms with Crippen LogP contribution in [0.4, 0.5) is 5.69 Å². The van der Waals surface area contributed by atoms with Crippen molar-refractivity contribution in [2.24, 2.45) is 18.7 Å². The molecule has 5 nitrogen and oxygen atoms in total. The van der Waals surface area contributed by atoms with Crippen molar-refractivity contribution in [3.05, 3.63) is 48.5 Å². The van der Waals surface area contributed by atoms with E-state index in [1.54, 1.807) is 0 Å². The number of aromatic nitrogens is 2. The first-order valence-corrected chi connectivity index (χ1v) is 8.70. The number of carbonyl (C=O) groups excluding carboxylic acids is 1. The topological polar surface area (TPSA) is 72.9 Å². The number of imidazole rings is 1.